The predicted octanol–water partition coefficient (Wildman–Crippen LogP) is 4.17. The van der Waals surface area contributed by atoms with E-state index in [1.165, 1.54) is 11.0 Å². The molecule has 0 atom stereocenters. The van der Waals surface area contributed by atoms with Crippen LogP contribution in [0.4, 0.5) is 14.5 Å². The minimum atomic E-state index is -0.436. The third kappa shape index (κ3) is 3.74. The number of benzene rings is 2. The van der Waals surface area contributed by atoms with Crippen molar-refractivity contribution in [3.63, 3.8) is 0 Å². The zero-order valence-corrected chi connectivity index (χ0v) is 10.5. The van der Waals surface area contributed by atoms with Crippen LogP contribution in [0.1, 0.15) is 0 Å². The average Bonchev–Trinajstić information content (AvgIpc) is 2.40. The molecule has 1 nitrogen and oxygen atoms in total. The van der Waals surface area contributed by atoms with Gasteiger partial charge in [0.05, 0.1) is 5.69 Å². The standard InChI is InChI=1S/C14H13F2NS/c15-11-6-7-13(16)14(10-11)17-8-9-18-12-4-2-1-3-5-12/h1-7,10,17H,8-9H2. The summed E-state index contributed by atoms with van der Waals surface area (Å²) in [6.45, 7) is 0.583. The Bertz CT molecular complexity index is 502. The molecule has 0 fully saturated rings. The Balaban J connectivity index is 1.80. The summed E-state index contributed by atoms with van der Waals surface area (Å²) in [6, 6.07) is 13.4. The van der Waals surface area contributed by atoms with E-state index in [0.717, 1.165) is 17.9 Å². The van der Waals surface area contributed by atoms with Crippen LogP contribution in [0.5, 0.6) is 0 Å². The fourth-order valence-electron chi connectivity index (χ4n) is 1.50. The molecule has 94 valence electrons. The molecule has 0 unspecified atom stereocenters. The second-order valence-corrected chi connectivity index (χ2v) is 4.88. The topological polar surface area (TPSA) is 12.0 Å². The molecular weight excluding hydrogens is 252 g/mol. The second kappa shape index (κ2) is 6.40. The first-order valence-corrected chi connectivity index (χ1v) is 6.61. The van der Waals surface area contributed by atoms with Crippen molar-refractivity contribution in [3.05, 3.63) is 60.2 Å². The molecule has 0 saturated carbocycles. The van der Waals surface area contributed by atoms with Crippen molar-refractivity contribution < 1.29 is 8.78 Å². The number of hydrogen-bond acceptors (Lipinski definition) is 2. The van der Waals surface area contributed by atoms with E-state index in [1.807, 2.05) is 30.3 Å². The number of hydrogen-bond donors (Lipinski definition) is 1. The second-order valence-electron chi connectivity index (χ2n) is 3.71. The molecule has 0 spiro atoms. The summed E-state index contributed by atoms with van der Waals surface area (Å²) < 4.78 is 26.2. The zero-order chi connectivity index (χ0) is 12.8. The largest absolute Gasteiger partial charge is 0.382 e. The molecule has 18 heavy (non-hydrogen) atoms. The fourth-order valence-corrected chi connectivity index (χ4v) is 2.29. The lowest BCUT2D eigenvalue weighted by Gasteiger charge is -2.07. The lowest BCUT2D eigenvalue weighted by molar-refractivity contribution is 0.602. The number of thioether (sulfide) groups is 1. The van der Waals surface area contributed by atoms with Crippen molar-refractivity contribution in [2.24, 2.45) is 0 Å². The molecule has 2 rings (SSSR count). The van der Waals surface area contributed by atoms with Crippen molar-refractivity contribution in [2.45, 2.75) is 4.90 Å². The fraction of sp³-hybridized carbons (Fsp3) is 0.143. The maximum atomic E-state index is 13.3. The smallest absolute Gasteiger partial charge is 0.146 e. The van der Waals surface area contributed by atoms with E-state index in [1.54, 1.807) is 11.8 Å². The number of rotatable bonds is 5. The van der Waals surface area contributed by atoms with Gasteiger partial charge in [0.2, 0.25) is 0 Å². The third-order valence-corrected chi connectivity index (χ3v) is 3.37. The molecule has 0 saturated heterocycles. The quantitative estimate of drug-likeness (QED) is 0.643. The summed E-state index contributed by atoms with van der Waals surface area (Å²) >= 11 is 1.67. The zero-order valence-electron chi connectivity index (χ0n) is 9.70. The van der Waals surface area contributed by atoms with Gasteiger partial charge in [0, 0.05) is 17.2 Å². The molecule has 0 aromatic heterocycles. The van der Waals surface area contributed by atoms with Gasteiger partial charge >= 0.3 is 0 Å². The van der Waals surface area contributed by atoms with E-state index >= 15 is 0 Å². The number of nitrogens with one attached hydrogen (secondary N) is 1. The summed E-state index contributed by atoms with van der Waals surface area (Å²) in [6.07, 6.45) is 0. The molecule has 0 radical (unpaired) electrons. The van der Waals surface area contributed by atoms with Crippen LogP contribution in [0.3, 0.4) is 0 Å². The number of anilines is 1. The highest BCUT2D eigenvalue weighted by Gasteiger charge is 2.02. The van der Waals surface area contributed by atoms with Crippen molar-refractivity contribution in [3.8, 4) is 0 Å². The van der Waals surface area contributed by atoms with Gasteiger partial charge in [-0.2, -0.15) is 0 Å². The maximum absolute atomic E-state index is 13.3. The molecule has 0 aliphatic heterocycles. The normalized spacial score (nSPS) is 10.3. The summed E-state index contributed by atoms with van der Waals surface area (Å²) in [5.41, 5.74) is 0.212. The lowest BCUT2D eigenvalue weighted by atomic mass is 10.3. The Morgan fingerprint density at radius 2 is 1.78 bits per heavy atom. The van der Waals surface area contributed by atoms with Gasteiger partial charge < -0.3 is 5.32 Å². The van der Waals surface area contributed by atoms with E-state index < -0.39 is 11.6 Å². The van der Waals surface area contributed by atoms with Crippen LogP contribution in [-0.4, -0.2) is 12.3 Å². The highest BCUT2D eigenvalue weighted by atomic mass is 32.2. The van der Waals surface area contributed by atoms with Gasteiger partial charge in [-0.25, -0.2) is 8.78 Å². The van der Waals surface area contributed by atoms with Crippen LogP contribution in [-0.2, 0) is 0 Å². The van der Waals surface area contributed by atoms with Crippen LogP contribution < -0.4 is 5.32 Å². The van der Waals surface area contributed by atoms with Gasteiger partial charge in [0.1, 0.15) is 11.6 Å². The van der Waals surface area contributed by atoms with Crippen molar-refractivity contribution in [1.82, 2.24) is 0 Å². The minimum Gasteiger partial charge on any atom is -0.382 e. The van der Waals surface area contributed by atoms with Crippen LogP contribution in [0, 0.1) is 11.6 Å². The average molecular weight is 265 g/mol. The molecule has 2 aromatic rings. The van der Waals surface area contributed by atoms with Gasteiger partial charge in [-0.15, -0.1) is 11.8 Å². The Hall–Kier alpha value is -1.55. The summed E-state index contributed by atoms with van der Waals surface area (Å²) in [5.74, 6) is -0.0734. The molecule has 2 aromatic carbocycles. The maximum Gasteiger partial charge on any atom is 0.146 e. The molecule has 0 amide bonds. The predicted molar refractivity (Wildman–Crippen MR) is 72.0 cm³/mol. The van der Waals surface area contributed by atoms with Crippen LogP contribution in [0.2, 0.25) is 0 Å². The third-order valence-electron chi connectivity index (χ3n) is 2.36. The first kappa shape index (κ1) is 12.9. The monoisotopic (exact) mass is 265 g/mol. The summed E-state index contributed by atoms with van der Waals surface area (Å²) in [4.78, 5) is 1.17. The molecule has 0 heterocycles. The molecule has 0 aliphatic rings. The summed E-state index contributed by atoms with van der Waals surface area (Å²) in [5, 5.41) is 2.89. The van der Waals surface area contributed by atoms with Crippen molar-refractivity contribution >= 4 is 17.4 Å². The Labute approximate surface area is 109 Å². The lowest BCUT2D eigenvalue weighted by Crippen LogP contribution is -2.05. The van der Waals surface area contributed by atoms with Crippen LogP contribution in [0.15, 0.2) is 53.4 Å². The Morgan fingerprint density at radius 3 is 2.56 bits per heavy atom. The SMILES string of the molecule is Fc1ccc(F)c(NCCSc2ccccc2)c1. The van der Waals surface area contributed by atoms with Crippen LogP contribution >= 0.6 is 11.8 Å². The van der Waals surface area contributed by atoms with Crippen molar-refractivity contribution in [2.75, 3.05) is 17.6 Å². The van der Waals surface area contributed by atoms with E-state index in [2.05, 4.69) is 5.32 Å². The van der Waals surface area contributed by atoms with Gasteiger partial charge in [-0.1, -0.05) is 18.2 Å². The Kier molecular flexibility index (Phi) is 4.59. The van der Waals surface area contributed by atoms with Gasteiger partial charge in [-0.3, -0.25) is 0 Å². The highest BCUT2D eigenvalue weighted by molar-refractivity contribution is 7.99. The molecule has 0 bridgehead atoms. The molecular formula is C14H13F2NS. The molecule has 1 N–H and O–H groups in total. The van der Waals surface area contributed by atoms with Gasteiger partial charge in [0.25, 0.3) is 0 Å². The number of halogens is 2. The highest BCUT2D eigenvalue weighted by Crippen LogP contribution is 2.18. The van der Waals surface area contributed by atoms with E-state index in [9.17, 15) is 8.78 Å². The minimum absolute atomic E-state index is 0.212. The van der Waals surface area contributed by atoms with E-state index in [-0.39, 0.29) is 5.69 Å². The van der Waals surface area contributed by atoms with E-state index in [4.69, 9.17) is 0 Å². The van der Waals surface area contributed by atoms with E-state index in [0.29, 0.717) is 6.54 Å². The molecule has 0 aliphatic carbocycles. The van der Waals surface area contributed by atoms with Crippen LogP contribution in [0.25, 0.3) is 0 Å². The van der Waals surface area contributed by atoms with Gasteiger partial charge in [0.15, 0.2) is 0 Å². The first-order valence-electron chi connectivity index (χ1n) is 5.62. The molecule has 4 heteroatoms. The van der Waals surface area contributed by atoms with Crippen molar-refractivity contribution in [1.29, 1.82) is 0 Å². The summed E-state index contributed by atoms with van der Waals surface area (Å²) in [7, 11) is 0. The van der Waals surface area contributed by atoms with Gasteiger partial charge in [-0.05, 0) is 30.3 Å². The first-order chi connectivity index (χ1) is 8.75. The Morgan fingerprint density at radius 1 is 1.00 bits per heavy atom.